The van der Waals surface area contributed by atoms with Crippen LogP contribution in [0.4, 0.5) is 5.69 Å². The summed E-state index contributed by atoms with van der Waals surface area (Å²) >= 11 is 4.72. The van der Waals surface area contributed by atoms with E-state index in [-0.39, 0.29) is 0 Å². The second kappa shape index (κ2) is 6.24. The summed E-state index contributed by atoms with van der Waals surface area (Å²) in [6, 6.07) is 10.3. The molecule has 0 aliphatic carbocycles. The molecule has 4 heteroatoms. The van der Waals surface area contributed by atoms with Gasteiger partial charge in [0.05, 0.1) is 0 Å². The maximum Gasteiger partial charge on any atom is 0.163 e. The van der Waals surface area contributed by atoms with Gasteiger partial charge in [0.15, 0.2) is 5.11 Å². The van der Waals surface area contributed by atoms with E-state index < -0.39 is 0 Å². The normalized spacial score (nSPS) is 9.67. The van der Waals surface area contributed by atoms with E-state index in [0.717, 1.165) is 19.5 Å². The van der Waals surface area contributed by atoms with E-state index >= 15 is 0 Å². The van der Waals surface area contributed by atoms with Crippen molar-refractivity contribution in [1.82, 2.24) is 5.32 Å². The minimum Gasteiger partial charge on any atom is -0.376 e. The third-order valence-electron chi connectivity index (χ3n) is 2.17. The molecule has 0 amide bonds. The Balaban J connectivity index is 2.25. The van der Waals surface area contributed by atoms with Crippen molar-refractivity contribution in [3.63, 3.8) is 0 Å². The molecule has 1 aromatic rings. The van der Waals surface area contributed by atoms with Crippen molar-refractivity contribution in [1.29, 1.82) is 0 Å². The van der Waals surface area contributed by atoms with Gasteiger partial charge >= 0.3 is 0 Å². The maximum atomic E-state index is 5.33. The number of rotatable bonds is 5. The number of nitrogens with zero attached hydrogens (tertiary/aromatic N) is 1. The molecule has 0 saturated heterocycles. The fraction of sp³-hybridized carbons (Fsp3) is 0.364. The molecule has 15 heavy (non-hydrogen) atoms. The highest BCUT2D eigenvalue weighted by Gasteiger charge is 1.98. The van der Waals surface area contributed by atoms with E-state index in [1.807, 2.05) is 18.2 Å². The van der Waals surface area contributed by atoms with Crippen LogP contribution in [0.3, 0.4) is 0 Å². The summed E-state index contributed by atoms with van der Waals surface area (Å²) in [7, 11) is 2.08. The first kappa shape index (κ1) is 11.8. The average Bonchev–Trinajstić information content (AvgIpc) is 2.25. The Bertz CT molecular complexity index is 300. The van der Waals surface area contributed by atoms with Crippen molar-refractivity contribution in [2.75, 3.05) is 25.0 Å². The Labute approximate surface area is 96.3 Å². The molecule has 0 heterocycles. The second-order valence-electron chi connectivity index (χ2n) is 3.40. The molecule has 0 saturated carbocycles. The average molecular weight is 223 g/mol. The first-order chi connectivity index (χ1) is 7.20. The summed E-state index contributed by atoms with van der Waals surface area (Å²) in [4.78, 5) is 2.21. The van der Waals surface area contributed by atoms with Crippen LogP contribution < -0.4 is 16.0 Å². The van der Waals surface area contributed by atoms with Crippen LogP contribution in [-0.2, 0) is 0 Å². The third kappa shape index (κ3) is 4.65. The summed E-state index contributed by atoms with van der Waals surface area (Å²) in [5.74, 6) is 0. The molecule has 82 valence electrons. The molecule has 0 unspecified atom stereocenters. The molecule has 1 aromatic carbocycles. The van der Waals surface area contributed by atoms with Crippen LogP contribution in [0.25, 0.3) is 0 Å². The lowest BCUT2D eigenvalue weighted by molar-refractivity contribution is 0.754. The van der Waals surface area contributed by atoms with Crippen molar-refractivity contribution in [2.24, 2.45) is 5.73 Å². The van der Waals surface area contributed by atoms with Crippen LogP contribution in [0.15, 0.2) is 30.3 Å². The second-order valence-corrected chi connectivity index (χ2v) is 3.84. The molecule has 3 nitrogen and oxygen atoms in total. The lowest BCUT2D eigenvalue weighted by atomic mass is 10.3. The van der Waals surface area contributed by atoms with Crippen molar-refractivity contribution in [3.05, 3.63) is 30.3 Å². The molecular weight excluding hydrogens is 206 g/mol. The Morgan fingerprint density at radius 2 is 2.07 bits per heavy atom. The zero-order valence-corrected chi connectivity index (χ0v) is 9.76. The molecular formula is C11H17N3S. The quantitative estimate of drug-likeness (QED) is 0.584. The Morgan fingerprint density at radius 1 is 1.40 bits per heavy atom. The summed E-state index contributed by atoms with van der Waals surface area (Å²) in [6.45, 7) is 1.81. The van der Waals surface area contributed by atoms with Crippen LogP contribution >= 0.6 is 12.2 Å². The molecule has 0 aliphatic heterocycles. The van der Waals surface area contributed by atoms with Gasteiger partial charge in [-0.1, -0.05) is 18.2 Å². The predicted molar refractivity (Wildman–Crippen MR) is 69.1 cm³/mol. The van der Waals surface area contributed by atoms with Gasteiger partial charge in [-0.25, -0.2) is 0 Å². The maximum absolute atomic E-state index is 5.33. The molecule has 0 atom stereocenters. The highest BCUT2D eigenvalue weighted by atomic mass is 32.1. The summed E-state index contributed by atoms with van der Waals surface area (Å²) in [5.41, 5.74) is 6.56. The SMILES string of the molecule is CN(CCCNC(N)=S)c1ccccc1. The van der Waals surface area contributed by atoms with E-state index in [4.69, 9.17) is 18.0 Å². The molecule has 3 N–H and O–H groups in total. The number of hydrogen-bond acceptors (Lipinski definition) is 2. The summed E-state index contributed by atoms with van der Waals surface area (Å²) < 4.78 is 0. The van der Waals surface area contributed by atoms with Crippen LogP contribution in [0.5, 0.6) is 0 Å². The minimum absolute atomic E-state index is 0.373. The molecule has 0 radical (unpaired) electrons. The number of anilines is 1. The van der Waals surface area contributed by atoms with Crippen molar-refractivity contribution in [2.45, 2.75) is 6.42 Å². The smallest absolute Gasteiger partial charge is 0.163 e. The molecule has 0 fully saturated rings. The number of hydrogen-bond donors (Lipinski definition) is 2. The Kier molecular flexibility index (Phi) is 4.90. The number of nitrogens with one attached hydrogen (secondary N) is 1. The van der Waals surface area contributed by atoms with E-state index in [1.165, 1.54) is 5.69 Å². The Hall–Kier alpha value is -1.29. The van der Waals surface area contributed by atoms with Crippen LogP contribution in [-0.4, -0.2) is 25.2 Å². The van der Waals surface area contributed by atoms with Gasteiger partial charge < -0.3 is 16.0 Å². The van der Waals surface area contributed by atoms with Gasteiger partial charge in [-0.15, -0.1) is 0 Å². The van der Waals surface area contributed by atoms with Crippen molar-refractivity contribution < 1.29 is 0 Å². The lowest BCUT2D eigenvalue weighted by Gasteiger charge is -2.19. The highest BCUT2D eigenvalue weighted by molar-refractivity contribution is 7.80. The molecule has 1 rings (SSSR count). The minimum atomic E-state index is 0.373. The van der Waals surface area contributed by atoms with Crippen LogP contribution in [0.1, 0.15) is 6.42 Å². The number of benzene rings is 1. The lowest BCUT2D eigenvalue weighted by Crippen LogP contribution is -2.31. The van der Waals surface area contributed by atoms with Crippen LogP contribution in [0.2, 0.25) is 0 Å². The largest absolute Gasteiger partial charge is 0.376 e. The number of nitrogens with two attached hydrogens (primary N) is 1. The van der Waals surface area contributed by atoms with Crippen molar-refractivity contribution in [3.8, 4) is 0 Å². The fourth-order valence-corrected chi connectivity index (χ4v) is 1.44. The van der Waals surface area contributed by atoms with E-state index in [9.17, 15) is 0 Å². The third-order valence-corrected chi connectivity index (χ3v) is 2.31. The van der Waals surface area contributed by atoms with E-state index in [1.54, 1.807) is 0 Å². The number of para-hydroxylation sites is 1. The van der Waals surface area contributed by atoms with Gasteiger partial charge in [-0.2, -0.15) is 0 Å². The van der Waals surface area contributed by atoms with Gasteiger partial charge in [0.1, 0.15) is 0 Å². The molecule has 0 aliphatic rings. The summed E-state index contributed by atoms with van der Waals surface area (Å²) in [6.07, 6.45) is 1.02. The molecule has 0 bridgehead atoms. The zero-order valence-electron chi connectivity index (χ0n) is 8.94. The molecule has 0 spiro atoms. The number of thiocarbonyl (C=S) groups is 1. The predicted octanol–water partition coefficient (Wildman–Crippen LogP) is 1.35. The van der Waals surface area contributed by atoms with E-state index in [2.05, 4.69) is 29.4 Å². The first-order valence-electron chi connectivity index (χ1n) is 4.99. The fourth-order valence-electron chi connectivity index (χ4n) is 1.34. The van der Waals surface area contributed by atoms with Gasteiger partial charge in [0.2, 0.25) is 0 Å². The standard InChI is InChI=1S/C11H17N3S/c1-14(9-5-8-13-11(12)15)10-6-3-2-4-7-10/h2-4,6-7H,5,8-9H2,1H3,(H3,12,13,15). The topological polar surface area (TPSA) is 41.3 Å². The molecule has 0 aromatic heterocycles. The first-order valence-corrected chi connectivity index (χ1v) is 5.40. The van der Waals surface area contributed by atoms with Crippen LogP contribution in [0, 0.1) is 0 Å². The van der Waals surface area contributed by atoms with Gasteiger partial charge in [0.25, 0.3) is 0 Å². The monoisotopic (exact) mass is 223 g/mol. The zero-order chi connectivity index (χ0) is 11.1. The van der Waals surface area contributed by atoms with Crippen molar-refractivity contribution >= 4 is 23.0 Å². The Morgan fingerprint density at radius 3 is 2.67 bits per heavy atom. The van der Waals surface area contributed by atoms with Gasteiger partial charge in [-0.05, 0) is 30.8 Å². The van der Waals surface area contributed by atoms with Gasteiger partial charge in [0, 0.05) is 25.8 Å². The van der Waals surface area contributed by atoms with Gasteiger partial charge in [-0.3, -0.25) is 0 Å². The van der Waals surface area contributed by atoms with E-state index in [0.29, 0.717) is 5.11 Å². The summed E-state index contributed by atoms with van der Waals surface area (Å²) in [5, 5.41) is 3.31. The highest BCUT2D eigenvalue weighted by Crippen LogP contribution is 2.10.